The minimum absolute atomic E-state index is 0.252. The van der Waals surface area contributed by atoms with Gasteiger partial charge in [0.25, 0.3) is 5.91 Å². The van der Waals surface area contributed by atoms with E-state index in [9.17, 15) is 9.59 Å². The van der Waals surface area contributed by atoms with Crippen LogP contribution in [0.15, 0.2) is 24.3 Å². The van der Waals surface area contributed by atoms with Gasteiger partial charge < -0.3 is 15.1 Å². The number of carbonyl (C=O) groups is 2. The third-order valence-corrected chi connectivity index (χ3v) is 4.72. The smallest absolute Gasteiger partial charge is 0.252 e. The number of nitriles is 1. The van der Waals surface area contributed by atoms with Gasteiger partial charge in [0, 0.05) is 43.3 Å². The van der Waals surface area contributed by atoms with Crippen LogP contribution in [0.4, 0.5) is 5.69 Å². The van der Waals surface area contributed by atoms with E-state index in [1.165, 1.54) is 0 Å². The zero-order valence-electron chi connectivity index (χ0n) is 14.8. The molecule has 0 unspecified atom stereocenters. The maximum Gasteiger partial charge on any atom is 0.252 e. The minimum Gasteiger partial charge on any atom is -0.368 e. The average molecular weight is 340 g/mol. The Balaban J connectivity index is 1.57. The summed E-state index contributed by atoms with van der Waals surface area (Å²) in [6.45, 7) is 6.47. The summed E-state index contributed by atoms with van der Waals surface area (Å²) in [5.41, 5.74) is 0.699. The summed E-state index contributed by atoms with van der Waals surface area (Å²) in [6.07, 6.45) is 2.09. The van der Waals surface area contributed by atoms with Crippen LogP contribution in [0.5, 0.6) is 0 Å². The van der Waals surface area contributed by atoms with Gasteiger partial charge in [-0.3, -0.25) is 9.59 Å². The molecule has 6 heteroatoms. The Morgan fingerprint density at radius 1 is 1.12 bits per heavy atom. The van der Waals surface area contributed by atoms with Crippen molar-refractivity contribution in [3.63, 3.8) is 0 Å². The fourth-order valence-corrected chi connectivity index (χ4v) is 2.98. The molecule has 0 aromatic heterocycles. The van der Waals surface area contributed by atoms with E-state index in [1.54, 1.807) is 26.0 Å². The quantitative estimate of drug-likeness (QED) is 0.906. The lowest BCUT2D eigenvalue weighted by atomic mass is 10.1. The van der Waals surface area contributed by atoms with Gasteiger partial charge in [-0.1, -0.05) is 0 Å². The second-order valence-corrected chi connectivity index (χ2v) is 7.32. The Hall–Kier alpha value is -2.55. The number of piperazine rings is 1. The molecule has 3 rings (SSSR count). The van der Waals surface area contributed by atoms with E-state index >= 15 is 0 Å². The van der Waals surface area contributed by atoms with E-state index < -0.39 is 5.54 Å². The molecule has 0 atom stereocenters. The van der Waals surface area contributed by atoms with Crippen molar-refractivity contribution in [3.05, 3.63) is 29.8 Å². The predicted octanol–water partition coefficient (Wildman–Crippen LogP) is 1.78. The summed E-state index contributed by atoms with van der Waals surface area (Å²) >= 11 is 0. The van der Waals surface area contributed by atoms with Gasteiger partial charge in [0.15, 0.2) is 0 Å². The monoisotopic (exact) mass is 340 g/mol. The molecule has 1 saturated carbocycles. The highest BCUT2D eigenvalue weighted by Gasteiger charge is 2.34. The molecule has 25 heavy (non-hydrogen) atoms. The molecular weight excluding hydrogens is 316 g/mol. The molecule has 1 N–H and O–H groups in total. The fourth-order valence-electron chi connectivity index (χ4n) is 2.98. The van der Waals surface area contributed by atoms with E-state index in [1.807, 2.05) is 17.0 Å². The first-order chi connectivity index (χ1) is 11.9. The first kappa shape index (κ1) is 17.3. The van der Waals surface area contributed by atoms with Crippen molar-refractivity contribution in [3.8, 4) is 6.07 Å². The minimum atomic E-state index is -0.889. The fraction of sp³-hybridized carbons (Fsp3) is 0.526. The zero-order valence-corrected chi connectivity index (χ0v) is 14.8. The predicted molar refractivity (Wildman–Crippen MR) is 95.1 cm³/mol. The molecule has 2 aliphatic rings. The number of nitrogens with one attached hydrogen (secondary N) is 1. The summed E-state index contributed by atoms with van der Waals surface area (Å²) in [5.74, 6) is 0.340. The lowest BCUT2D eigenvalue weighted by Gasteiger charge is -2.36. The molecule has 6 nitrogen and oxygen atoms in total. The highest BCUT2D eigenvalue weighted by molar-refractivity contribution is 5.95. The summed E-state index contributed by atoms with van der Waals surface area (Å²) in [6, 6.07) is 9.46. The zero-order chi connectivity index (χ0) is 18.0. The van der Waals surface area contributed by atoms with Crippen LogP contribution >= 0.6 is 0 Å². The Labute approximate surface area is 148 Å². The Kier molecular flexibility index (Phi) is 4.67. The third-order valence-electron chi connectivity index (χ3n) is 4.72. The van der Waals surface area contributed by atoms with Gasteiger partial charge in [-0.05, 0) is 51.0 Å². The van der Waals surface area contributed by atoms with Gasteiger partial charge in [0.2, 0.25) is 5.91 Å². The maximum atomic E-state index is 12.2. The van der Waals surface area contributed by atoms with Crippen molar-refractivity contribution in [2.75, 3.05) is 31.1 Å². The van der Waals surface area contributed by atoms with Crippen LogP contribution in [0.1, 0.15) is 37.0 Å². The number of nitrogens with zero attached hydrogens (tertiary/aromatic N) is 3. The SMILES string of the molecule is CC(C)(C#N)NC(=O)c1ccc(N2CCN(C(=O)C3CC3)CC2)cc1. The molecular formula is C19H24N4O2. The van der Waals surface area contributed by atoms with Crippen LogP contribution in [0.25, 0.3) is 0 Å². The van der Waals surface area contributed by atoms with E-state index in [-0.39, 0.29) is 11.8 Å². The molecule has 2 amide bonds. The lowest BCUT2D eigenvalue weighted by Crippen LogP contribution is -2.49. The van der Waals surface area contributed by atoms with E-state index in [2.05, 4.69) is 16.3 Å². The second kappa shape index (κ2) is 6.75. The molecule has 1 heterocycles. The van der Waals surface area contributed by atoms with Gasteiger partial charge >= 0.3 is 0 Å². The van der Waals surface area contributed by atoms with Crippen LogP contribution in [0, 0.1) is 17.2 Å². The first-order valence-electron chi connectivity index (χ1n) is 8.77. The summed E-state index contributed by atoms with van der Waals surface area (Å²) in [5, 5.41) is 11.7. The number of anilines is 1. The molecule has 1 saturated heterocycles. The van der Waals surface area contributed by atoms with Crippen LogP contribution in [-0.2, 0) is 4.79 Å². The van der Waals surface area contributed by atoms with Gasteiger partial charge in [0.05, 0.1) is 6.07 Å². The number of amides is 2. The van der Waals surface area contributed by atoms with Crippen LogP contribution in [-0.4, -0.2) is 48.4 Å². The Morgan fingerprint density at radius 2 is 1.72 bits per heavy atom. The van der Waals surface area contributed by atoms with Crippen molar-refractivity contribution in [1.82, 2.24) is 10.2 Å². The average Bonchev–Trinajstić information content (AvgIpc) is 3.46. The van der Waals surface area contributed by atoms with Crippen LogP contribution in [0.3, 0.4) is 0 Å². The van der Waals surface area contributed by atoms with E-state index in [0.717, 1.165) is 44.7 Å². The van der Waals surface area contributed by atoms with Gasteiger partial charge in [-0.15, -0.1) is 0 Å². The van der Waals surface area contributed by atoms with Gasteiger partial charge in [-0.2, -0.15) is 5.26 Å². The Bertz CT molecular complexity index is 693. The molecule has 0 radical (unpaired) electrons. The molecule has 1 aromatic carbocycles. The van der Waals surface area contributed by atoms with Crippen molar-refractivity contribution >= 4 is 17.5 Å². The molecule has 1 aromatic rings. The van der Waals surface area contributed by atoms with Gasteiger partial charge in [0.1, 0.15) is 5.54 Å². The third kappa shape index (κ3) is 4.11. The highest BCUT2D eigenvalue weighted by Crippen LogP contribution is 2.31. The van der Waals surface area contributed by atoms with Crippen molar-refractivity contribution in [2.24, 2.45) is 5.92 Å². The van der Waals surface area contributed by atoms with E-state index in [4.69, 9.17) is 5.26 Å². The second-order valence-electron chi connectivity index (χ2n) is 7.32. The number of rotatable bonds is 4. The maximum absolute atomic E-state index is 12.2. The van der Waals surface area contributed by atoms with Crippen LogP contribution < -0.4 is 10.2 Å². The molecule has 1 aliphatic heterocycles. The largest absolute Gasteiger partial charge is 0.368 e. The molecule has 1 aliphatic carbocycles. The number of hydrogen-bond donors (Lipinski definition) is 1. The van der Waals surface area contributed by atoms with E-state index in [0.29, 0.717) is 11.5 Å². The summed E-state index contributed by atoms with van der Waals surface area (Å²) in [4.78, 5) is 28.5. The Morgan fingerprint density at radius 3 is 2.24 bits per heavy atom. The number of benzene rings is 1. The number of carbonyl (C=O) groups excluding carboxylic acids is 2. The van der Waals surface area contributed by atoms with Crippen LogP contribution in [0.2, 0.25) is 0 Å². The molecule has 2 fully saturated rings. The number of hydrogen-bond acceptors (Lipinski definition) is 4. The molecule has 0 spiro atoms. The normalized spacial score (nSPS) is 17.8. The van der Waals surface area contributed by atoms with Crippen molar-refractivity contribution in [1.29, 1.82) is 5.26 Å². The first-order valence-corrected chi connectivity index (χ1v) is 8.77. The molecule has 132 valence electrons. The lowest BCUT2D eigenvalue weighted by molar-refractivity contribution is -0.132. The van der Waals surface area contributed by atoms with Crippen molar-refractivity contribution < 1.29 is 9.59 Å². The van der Waals surface area contributed by atoms with Crippen molar-refractivity contribution in [2.45, 2.75) is 32.2 Å². The summed E-state index contributed by atoms with van der Waals surface area (Å²) in [7, 11) is 0. The summed E-state index contributed by atoms with van der Waals surface area (Å²) < 4.78 is 0. The topological polar surface area (TPSA) is 76.4 Å². The standard InChI is InChI=1S/C19H24N4O2/c1-19(2,13-20)21-17(24)14-5-7-16(8-6-14)22-9-11-23(12-10-22)18(25)15-3-4-15/h5-8,15H,3-4,9-12H2,1-2H3,(H,21,24). The molecule has 0 bridgehead atoms. The van der Waals surface area contributed by atoms with Gasteiger partial charge in [-0.25, -0.2) is 0 Å². The highest BCUT2D eigenvalue weighted by atomic mass is 16.2.